The molecule has 0 saturated heterocycles. The zero-order valence-electron chi connectivity index (χ0n) is 16.6. The average molecular weight is 443 g/mol. The van der Waals surface area contributed by atoms with Crippen molar-refractivity contribution in [3.8, 4) is 12.1 Å². The first-order valence-electron chi connectivity index (χ1n) is 9.02. The Morgan fingerprint density at radius 3 is 2.50 bits per heavy atom. The third-order valence-electron chi connectivity index (χ3n) is 4.85. The summed E-state index contributed by atoms with van der Waals surface area (Å²) in [6, 6.07) is 4.74. The molecule has 0 aliphatic rings. The van der Waals surface area contributed by atoms with Crippen molar-refractivity contribution in [2.24, 2.45) is 0 Å². The fourth-order valence-electron chi connectivity index (χ4n) is 3.34. The molecule has 0 saturated carbocycles. The number of hydrogen-bond acceptors (Lipinski definition) is 5. The van der Waals surface area contributed by atoms with Crippen molar-refractivity contribution in [2.75, 3.05) is 0 Å². The summed E-state index contributed by atoms with van der Waals surface area (Å²) >= 11 is 0. The smallest absolute Gasteiger partial charge is 0.342 e. The van der Waals surface area contributed by atoms with Crippen molar-refractivity contribution in [3.05, 3.63) is 74.3 Å². The van der Waals surface area contributed by atoms with Gasteiger partial charge in [0.15, 0.2) is 0 Å². The number of fused-ring (bicyclic) bond motifs is 1. The number of nitrogens with zero attached hydrogens (tertiary/aromatic N) is 3. The summed E-state index contributed by atoms with van der Waals surface area (Å²) in [5.74, 6) is -8.32. The number of amides is 1. The van der Waals surface area contributed by atoms with Crippen molar-refractivity contribution in [1.82, 2.24) is 15.3 Å². The summed E-state index contributed by atoms with van der Waals surface area (Å²) in [6.07, 6.45) is 1.01. The van der Waals surface area contributed by atoms with Gasteiger partial charge in [0.1, 0.15) is 23.8 Å². The number of carbonyl (C=O) groups is 1. The van der Waals surface area contributed by atoms with Gasteiger partial charge in [0, 0.05) is 11.6 Å². The van der Waals surface area contributed by atoms with Gasteiger partial charge in [0.2, 0.25) is 0 Å². The molecule has 0 bridgehead atoms. The highest BCUT2D eigenvalue weighted by molar-refractivity contribution is 5.92. The lowest BCUT2D eigenvalue weighted by atomic mass is 9.96. The van der Waals surface area contributed by atoms with E-state index in [1.165, 1.54) is 6.92 Å². The Hall–Kier alpha value is -4.25. The second-order valence-electron chi connectivity index (χ2n) is 6.88. The zero-order chi connectivity index (χ0) is 23.8. The summed E-state index contributed by atoms with van der Waals surface area (Å²) in [5, 5.41) is 19.6. The molecule has 7 nitrogen and oxygen atoms in total. The fraction of sp³-hybridized carbons (Fsp3) is 0.190. The monoisotopic (exact) mass is 443 g/mol. The third-order valence-corrected chi connectivity index (χ3v) is 4.85. The highest BCUT2D eigenvalue weighted by Crippen LogP contribution is 2.33. The number of alkyl halides is 2. The van der Waals surface area contributed by atoms with Crippen LogP contribution in [-0.4, -0.2) is 15.9 Å². The molecule has 32 heavy (non-hydrogen) atoms. The molecule has 2 aromatic heterocycles. The van der Waals surface area contributed by atoms with Gasteiger partial charge in [-0.15, -0.1) is 0 Å². The molecule has 3 rings (SSSR count). The minimum Gasteiger partial charge on any atom is -0.342 e. The van der Waals surface area contributed by atoms with Crippen molar-refractivity contribution in [3.63, 3.8) is 0 Å². The molecule has 3 aromatic rings. The van der Waals surface area contributed by atoms with Gasteiger partial charge in [0.25, 0.3) is 11.5 Å². The number of aryl methyl sites for hydroxylation is 1. The van der Waals surface area contributed by atoms with E-state index in [1.54, 1.807) is 12.1 Å². The topological polar surface area (TPSA) is 122 Å². The lowest BCUT2D eigenvalue weighted by Crippen LogP contribution is -2.43. The van der Waals surface area contributed by atoms with Gasteiger partial charge in [-0.1, -0.05) is 0 Å². The second kappa shape index (κ2) is 8.12. The standard InChI is InChI=1S/C21H13F4N5O2/c1-9-16-12(7-27)13(22)3-4-15(16)30-19(31)17(9)21(24,25)20(32)29-10(2)18-14(23)5-11(6-26)8-28-18/h3-5,8,10H,1-2H3,(H,29,32)(H,30,31)/t10-/m0/s1. The van der Waals surface area contributed by atoms with E-state index in [-0.39, 0.29) is 16.5 Å². The number of nitrogens with one attached hydrogen (secondary N) is 2. The van der Waals surface area contributed by atoms with Gasteiger partial charge in [-0.2, -0.15) is 19.3 Å². The number of benzene rings is 1. The van der Waals surface area contributed by atoms with Crippen LogP contribution in [-0.2, 0) is 10.7 Å². The fourth-order valence-corrected chi connectivity index (χ4v) is 3.34. The quantitative estimate of drug-likeness (QED) is 0.600. The average Bonchev–Trinajstić information content (AvgIpc) is 2.73. The molecule has 1 atom stereocenters. The number of aromatic amines is 1. The summed E-state index contributed by atoms with van der Waals surface area (Å²) in [5.41, 5.74) is -4.14. The second-order valence-corrected chi connectivity index (χ2v) is 6.88. The van der Waals surface area contributed by atoms with Crippen LogP contribution >= 0.6 is 0 Å². The predicted molar refractivity (Wildman–Crippen MR) is 103 cm³/mol. The molecule has 1 amide bonds. The molecular formula is C21H13F4N5O2. The number of aromatic nitrogens is 2. The molecule has 11 heteroatoms. The van der Waals surface area contributed by atoms with Crippen molar-refractivity contribution < 1.29 is 22.4 Å². The first-order valence-corrected chi connectivity index (χ1v) is 9.02. The van der Waals surface area contributed by atoms with Crippen LogP contribution in [0.15, 0.2) is 29.2 Å². The molecule has 2 heterocycles. The van der Waals surface area contributed by atoms with Gasteiger partial charge >= 0.3 is 5.92 Å². The van der Waals surface area contributed by atoms with Crippen LogP contribution in [0, 0.1) is 41.2 Å². The van der Waals surface area contributed by atoms with Crippen molar-refractivity contribution in [2.45, 2.75) is 25.8 Å². The van der Waals surface area contributed by atoms with E-state index in [0.717, 1.165) is 31.3 Å². The van der Waals surface area contributed by atoms with E-state index in [2.05, 4.69) is 9.97 Å². The number of carbonyl (C=O) groups excluding carboxylic acids is 1. The van der Waals surface area contributed by atoms with E-state index < -0.39 is 57.4 Å². The van der Waals surface area contributed by atoms with Crippen molar-refractivity contribution >= 4 is 16.8 Å². The number of nitriles is 2. The number of halogens is 4. The predicted octanol–water partition coefficient (Wildman–Crippen LogP) is 3.22. The van der Waals surface area contributed by atoms with E-state index in [9.17, 15) is 23.6 Å². The first-order chi connectivity index (χ1) is 15.0. The minimum atomic E-state index is -4.41. The molecule has 0 spiro atoms. The molecule has 1 aromatic carbocycles. The van der Waals surface area contributed by atoms with E-state index in [4.69, 9.17) is 5.26 Å². The zero-order valence-corrected chi connectivity index (χ0v) is 16.6. The number of hydrogen-bond donors (Lipinski definition) is 2. The Kier molecular flexibility index (Phi) is 5.69. The van der Waals surface area contributed by atoms with E-state index >= 15 is 8.78 Å². The van der Waals surface area contributed by atoms with E-state index in [0.29, 0.717) is 0 Å². The highest BCUT2D eigenvalue weighted by Gasteiger charge is 2.46. The minimum absolute atomic E-state index is 0.0531. The summed E-state index contributed by atoms with van der Waals surface area (Å²) in [6.45, 7) is 2.26. The number of pyridine rings is 2. The van der Waals surface area contributed by atoms with Crippen LogP contribution in [0.1, 0.15) is 40.9 Å². The maximum Gasteiger partial charge on any atom is 0.355 e. The molecule has 0 radical (unpaired) electrons. The van der Waals surface area contributed by atoms with Gasteiger partial charge < -0.3 is 10.3 Å². The van der Waals surface area contributed by atoms with Crippen LogP contribution in [0.2, 0.25) is 0 Å². The van der Waals surface area contributed by atoms with E-state index in [1.807, 2.05) is 5.32 Å². The van der Waals surface area contributed by atoms with Gasteiger partial charge in [-0.05, 0) is 37.6 Å². The maximum absolute atomic E-state index is 15.1. The molecule has 0 fully saturated rings. The Balaban J connectivity index is 2.06. The molecular weight excluding hydrogens is 430 g/mol. The molecule has 2 N–H and O–H groups in total. The number of H-pyrrole nitrogens is 1. The van der Waals surface area contributed by atoms with Crippen LogP contribution in [0.25, 0.3) is 10.9 Å². The molecule has 0 unspecified atom stereocenters. The Morgan fingerprint density at radius 2 is 1.91 bits per heavy atom. The van der Waals surface area contributed by atoms with Gasteiger partial charge in [0.05, 0.1) is 33.9 Å². The van der Waals surface area contributed by atoms with Crippen LogP contribution in [0.3, 0.4) is 0 Å². The van der Waals surface area contributed by atoms with Gasteiger partial charge in [-0.25, -0.2) is 8.78 Å². The molecule has 162 valence electrons. The maximum atomic E-state index is 15.1. The summed E-state index contributed by atoms with van der Waals surface area (Å²) < 4.78 is 58.2. The Bertz CT molecular complexity index is 1400. The number of rotatable bonds is 4. The highest BCUT2D eigenvalue weighted by atomic mass is 19.3. The third kappa shape index (κ3) is 3.65. The SMILES string of the molecule is Cc1c(C(F)(F)C(=O)N[C@@H](C)c2ncc(C#N)cc2F)c(=O)[nH]c2ccc(F)c(C#N)c12. The lowest BCUT2D eigenvalue weighted by Gasteiger charge is -2.21. The Morgan fingerprint density at radius 1 is 1.22 bits per heavy atom. The van der Waals surface area contributed by atoms with Crippen LogP contribution in [0.5, 0.6) is 0 Å². The normalized spacial score (nSPS) is 12.1. The largest absolute Gasteiger partial charge is 0.355 e. The summed E-state index contributed by atoms with van der Waals surface area (Å²) in [7, 11) is 0. The van der Waals surface area contributed by atoms with Crippen LogP contribution in [0.4, 0.5) is 17.6 Å². The van der Waals surface area contributed by atoms with Gasteiger partial charge in [-0.3, -0.25) is 14.6 Å². The Labute approximate surface area is 177 Å². The van der Waals surface area contributed by atoms with Crippen LogP contribution < -0.4 is 10.9 Å². The summed E-state index contributed by atoms with van der Waals surface area (Å²) in [4.78, 5) is 30.6. The molecule has 0 aliphatic carbocycles. The molecule has 0 aliphatic heterocycles. The van der Waals surface area contributed by atoms with Crippen molar-refractivity contribution in [1.29, 1.82) is 10.5 Å². The lowest BCUT2D eigenvalue weighted by molar-refractivity contribution is -0.148. The first kappa shape index (κ1) is 22.4.